The number of piperidine rings is 1. The number of fused-ring (bicyclic) bond motifs is 1. The molecule has 5 nitrogen and oxygen atoms in total. The summed E-state index contributed by atoms with van der Waals surface area (Å²) in [5.74, 6) is -0.320. The van der Waals surface area contributed by atoms with Crippen LogP contribution in [0, 0.1) is 0 Å². The molecular weight excluding hydrogens is 280 g/mol. The highest BCUT2D eigenvalue weighted by Crippen LogP contribution is 2.22. The molecule has 1 aromatic carbocycles. The molecule has 5 heteroatoms. The van der Waals surface area contributed by atoms with E-state index >= 15 is 0 Å². The number of aryl methyl sites for hydroxylation is 1. The number of aromatic nitrogens is 1. The van der Waals surface area contributed by atoms with Crippen LogP contribution in [0.25, 0.3) is 11.1 Å². The topological polar surface area (TPSA) is 55.5 Å². The van der Waals surface area contributed by atoms with E-state index in [0.717, 1.165) is 19.4 Å². The smallest absolute Gasteiger partial charge is 0.408 e. The number of oxazole rings is 1. The maximum Gasteiger partial charge on any atom is 0.419 e. The van der Waals surface area contributed by atoms with Crippen LogP contribution in [0.5, 0.6) is 0 Å². The van der Waals surface area contributed by atoms with Crippen molar-refractivity contribution in [2.24, 2.45) is 7.05 Å². The molecule has 2 atom stereocenters. The summed E-state index contributed by atoms with van der Waals surface area (Å²) in [6, 6.07) is 5.53. The highest BCUT2D eigenvalue weighted by molar-refractivity contribution is 6.01. The Morgan fingerprint density at radius 3 is 2.86 bits per heavy atom. The Balaban J connectivity index is 1.89. The second kappa shape index (κ2) is 5.72. The van der Waals surface area contributed by atoms with Crippen LogP contribution in [0.1, 0.15) is 43.5 Å². The summed E-state index contributed by atoms with van der Waals surface area (Å²) in [6.07, 6.45) is 3.53. The van der Waals surface area contributed by atoms with E-state index in [1.165, 1.54) is 11.0 Å². The van der Waals surface area contributed by atoms with Crippen LogP contribution in [0.15, 0.2) is 27.4 Å². The summed E-state index contributed by atoms with van der Waals surface area (Å²) < 4.78 is 6.62. The molecule has 0 spiro atoms. The molecule has 2 unspecified atom stereocenters. The van der Waals surface area contributed by atoms with Gasteiger partial charge >= 0.3 is 5.76 Å². The molecule has 0 bridgehead atoms. The Kier molecular flexibility index (Phi) is 3.91. The normalized spacial score (nSPS) is 21.1. The third kappa shape index (κ3) is 2.50. The highest BCUT2D eigenvalue weighted by Gasteiger charge is 2.28. The minimum absolute atomic E-state index is 0.0853. The highest BCUT2D eigenvalue weighted by atomic mass is 16.4. The largest absolute Gasteiger partial charge is 0.419 e. The van der Waals surface area contributed by atoms with Gasteiger partial charge in [-0.25, -0.2) is 4.79 Å². The molecule has 118 valence electrons. The molecule has 0 amide bonds. The Morgan fingerprint density at radius 2 is 2.14 bits per heavy atom. The lowest BCUT2D eigenvalue weighted by Gasteiger charge is -2.37. The summed E-state index contributed by atoms with van der Waals surface area (Å²) in [7, 11) is 1.66. The van der Waals surface area contributed by atoms with Gasteiger partial charge in [0.2, 0.25) is 0 Å². The van der Waals surface area contributed by atoms with Crippen molar-refractivity contribution in [1.82, 2.24) is 9.47 Å². The van der Waals surface area contributed by atoms with Gasteiger partial charge in [0, 0.05) is 18.7 Å². The van der Waals surface area contributed by atoms with Crippen LogP contribution in [-0.4, -0.2) is 33.9 Å². The van der Waals surface area contributed by atoms with Crippen molar-refractivity contribution < 1.29 is 9.21 Å². The van der Waals surface area contributed by atoms with Crippen molar-refractivity contribution in [3.8, 4) is 0 Å². The first-order valence-electron chi connectivity index (χ1n) is 7.88. The zero-order valence-corrected chi connectivity index (χ0v) is 13.3. The molecule has 0 radical (unpaired) electrons. The quantitative estimate of drug-likeness (QED) is 0.818. The number of ketones is 1. The fraction of sp³-hybridized carbons (Fsp3) is 0.529. The number of hydrogen-bond acceptors (Lipinski definition) is 4. The third-order valence-corrected chi connectivity index (χ3v) is 4.81. The van der Waals surface area contributed by atoms with E-state index in [9.17, 15) is 9.59 Å². The van der Waals surface area contributed by atoms with Gasteiger partial charge in [0.15, 0.2) is 11.4 Å². The Labute approximate surface area is 129 Å². The number of benzene rings is 1. The summed E-state index contributed by atoms with van der Waals surface area (Å²) in [5, 5.41) is 0. The summed E-state index contributed by atoms with van der Waals surface area (Å²) >= 11 is 0. The van der Waals surface area contributed by atoms with Crippen molar-refractivity contribution in [3.05, 3.63) is 34.3 Å². The first kappa shape index (κ1) is 15.0. The zero-order chi connectivity index (χ0) is 15.9. The number of carbonyl (C=O) groups excluding carboxylic acids is 1. The van der Waals surface area contributed by atoms with Crippen molar-refractivity contribution in [2.75, 3.05) is 6.54 Å². The Bertz CT molecular complexity index is 759. The predicted octanol–water partition coefficient (Wildman–Crippen LogP) is 2.58. The van der Waals surface area contributed by atoms with E-state index in [1.807, 2.05) is 6.92 Å². The van der Waals surface area contributed by atoms with Gasteiger partial charge in [-0.2, -0.15) is 0 Å². The molecule has 1 aromatic heterocycles. The van der Waals surface area contributed by atoms with Gasteiger partial charge in [-0.15, -0.1) is 0 Å². The van der Waals surface area contributed by atoms with Gasteiger partial charge < -0.3 is 4.42 Å². The fourth-order valence-electron chi connectivity index (χ4n) is 3.37. The molecule has 1 saturated heterocycles. The fourth-order valence-corrected chi connectivity index (χ4v) is 3.37. The molecule has 3 rings (SSSR count). The van der Waals surface area contributed by atoms with E-state index in [1.54, 1.807) is 25.2 Å². The molecule has 1 aliphatic rings. The number of rotatable bonds is 3. The van der Waals surface area contributed by atoms with E-state index in [4.69, 9.17) is 4.42 Å². The van der Waals surface area contributed by atoms with Gasteiger partial charge in [0.1, 0.15) is 0 Å². The zero-order valence-electron chi connectivity index (χ0n) is 13.3. The van der Waals surface area contributed by atoms with Crippen molar-refractivity contribution in [3.63, 3.8) is 0 Å². The maximum absolute atomic E-state index is 12.8. The molecule has 22 heavy (non-hydrogen) atoms. The van der Waals surface area contributed by atoms with Crippen LogP contribution in [0.3, 0.4) is 0 Å². The van der Waals surface area contributed by atoms with Crippen LogP contribution in [-0.2, 0) is 7.05 Å². The summed E-state index contributed by atoms with van der Waals surface area (Å²) in [6.45, 7) is 5.12. The maximum atomic E-state index is 12.8. The number of Topliss-reactive ketones (excluding diaryl/α,β-unsaturated/α-hetero) is 1. The van der Waals surface area contributed by atoms with E-state index in [-0.39, 0.29) is 11.8 Å². The second-order valence-corrected chi connectivity index (χ2v) is 6.23. The molecule has 0 aliphatic carbocycles. The average Bonchev–Trinajstić information content (AvgIpc) is 2.80. The number of hydrogen-bond donors (Lipinski definition) is 0. The second-order valence-electron chi connectivity index (χ2n) is 6.23. The number of likely N-dealkylation sites (tertiary alicyclic amines) is 1. The Morgan fingerprint density at radius 1 is 1.36 bits per heavy atom. The van der Waals surface area contributed by atoms with Gasteiger partial charge in [-0.3, -0.25) is 14.3 Å². The van der Waals surface area contributed by atoms with Gasteiger partial charge in [-0.05, 0) is 51.4 Å². The summed E-state index contributed by atoms with van der Waals surface area (Å²) in [4.78, 5) is 26.6. The molecule has 2 aromatic rings. The number of carbonyl (C=O) groups is 1. The minimum Gasteiger partial charge on any atom is -0.408 e. The molecule has 1 fully saturated rings. The molecule has 2 heterocycles. The van der Waals surface area contributed by atoms with Gasteiger partial charge in [0.05, 0.1) is 11.6 Å². The molecule has 0 saturated carbocycles. The van der Waals surface area contributed by atoms with Crippen LogP contribution in [0.4, 0.5) is 0 Å². The SMILES string of the molecule is CC1CCCCN1C(C)C(=O)c1ccc2c(c1)oc(=O)n2C. The van der Waals surface area contributed by atoms with Gasteiger partial charge in [-0.1, -0.05) is 6.42 Å². The molecular formula is C17H22N2O3. The average molecular weight is 302 g/mol. The van der Waals surface area contributed by atoms with Crippen molar-refractivity contribution in [2.45, 2.75) is 45.2 Å². The van der Waals surface area contributed by atoms with E-state index < -0.39 is 5.76 Å². The monoisotopic (exact) mass is 302 g/mol. The number of nitrogens with zero attached hydrogens (tertiary/aromatic N) is 2. The minimum atomic E-state index is -0.405. The van der Waals surface area contributed by atoms with Crippen LogP contribution in [0.2, 0.25) is 0 Å². The predicted molar refractivity (Wildman–Crippen MR) is 85.3 cm³/mol. The third-order valence-electron chi connectivity index (χ3n) is 4.81. The molecule has 1 aliphatic heterocycles. The van der Waals surface area contributed by atoms with E-state index in [0.29, 0.717) is 22.7 Å². The van der Waals surface area contributed by atoms with Crippen molar-refractivity contribution in [1.29, 1.82) is 0 Å². The van der Waals surface area contributed by atoms with E-state index in [2.05, 4.69) is 11.8 Å². The first-order valence-corrected chi connectivity index (χ1v) is 7.88. The van der Waals surface area contributed by atoms with Crippen molar-refractivity contribution >= 4 is 16.9 Å². The molecule has 0 N–H and O–H groups in total. The first-order chi connectivity index (χ1) is 10.5. The lowest BCUT2D eigenvalue weighted by atomic mass is 9.97. The standard InChI is InChI=1S/C17H22N2O3/c1-11-6-4-5-9-19(11)12(2)16(20)13-7-8-14-15(10-13)22-17(21)18(14)3/h7-8,10-12H,4-6,9H2,1-3H3. The summed E-state index contributed by atoms with van der Waals surface area (Å²) in [5.41, 5.74) is 1.78. The van der Waals surface area contributed by atoms with Crippen LogP contribution >= 0.6 is 0 Å². The van der Waals surface area contributed by atoms with Gasteiger partial charge in [0.25, 0.3) is 0 Å². The van der Waals surface area contributed by atoms with Crippen LogP contribution < -0.4 is 5.76 Å². The lowest BCUT2D eigenvalue weighted by Crippen LogP contribution is -2.47. The Hall–Kier alpha value is -1.88. The lowest BCUT2D eigenvalue weighted by molar-refractivity contribution is 0.0701.